The van der Waals surface area contributed by atoms with Crippen LogP contribution in [0.1, 0.15) is 0 Å². The first kappa shape index (κ1) is 6.19. The van der Waals surface area contributed by atoms with Crippen molar-refractivity contribution in [2.24, 2.45) is 0 Å². The predicted molar refractivity (Wildman–Crippen MR) is 24.6 cm³/mol. The maximum Gasteiger partial charge on any atom is 0.488 e. The third-order valence-electron chi connectivity index (χ3n) is 0.838. The van der Waals surface area contributed by atoms with Gasteiger partial charge in [0, 0.05) is 18.5 Å². The highest BCUT2D eigenvalue weighted by Crippen LogP contribution is 2.20. The van der Waals surface area contributed by atoms with Crippen LogP contribution in [0.15, 0.2) is 18.5 Å². The minimum atomic E-state index is -4.29. The largest absolute Gasteiger partial charge is 0.488 e. The molecule has 0 aromatic carbocycles. The van der Waals surface area contributed by atoms with E-state index in [1.165, 1.54) is 6.07 Å². The Bertz CT molecular complexity index is 175. The van der Waals surface area contributed by atoms with Crippen molar-refractivity contribution in [2.75, 3.05) is 0 Å². The van der Waals surface area contributed by atoms with Crippen LogP contribution < -0.4 is 0 Å². The molecular formula is C5H3F3N. The molecule has 0 bridgehead atoms. The Balaban J connectivity index is 2.90. The molecule has 0 aliphatic rings. The molecule has 1 aromatic heterocycles. The molecule has 0 spiro atoms. The minimum Gasteiger partial charge on any atom is -0.266 e. The molecular weight excluding hydrogens is 131 g/mol. The summed E-state index contributed by atoms with van der Waals surface area (Å²) in [7, 11) is 0. The zero-order chi connectivity index (χ0) is 6.91. The monoisotopic (exact) mass is 134 g/mol. The Kier molecular flexibility index (Phi) is 1.23. The Hall–Kier alpha value is -0.930. The number of aromatic nitrogens is 1. The fourth-order valence-electron chi connectivity index (χ4n) is 0.447. The number of hydrogen-bond acceptors (Lipinski definition) is 0. The lowest BCUT2D eigenvalue weighted by molar-refractivity contribution is -0.203. The van der Waals surface area contributed by atoms with Crippen molar-refractivity contribution in [3.8, 4) is 0 Å². The maximum atomic E-state index is 11.6. The summed E-state index contributed by atoms with van der Waals surface area (Å²) in [5.41, 5.74) is 0. The van der Waals surface area contributed by atoms with E-state index in [0.29, 0.717) is 0 Å². The minimum absolute atomic E-state index is 0.132. The van der Waals surface area contributed by atoms with Gasteiger partial charge in [-0.3, -0.25) is 4.57 Å². The molecule has 49 valence electrons. The summed E-state index contributed by atoms with van der Waals surface area (Å²) < 4.78 is 34.8. The maximum absolute atomic E-state index is 11.6. The van der Waals surface area contributed by atoms with Crippen LogP contribution in [-0.4, -0.2) is 4.57 Å². The summed E-state index contributed by atoms with van der Waals surface area (Å²) in [6, 6.07) is 3.48. The van der Waals surface area contributed by atoms with Crippen molar-refractivity contribution < 1.29 is 13.2 Å². The molecule has 1 radical (unpaired) electrons. The van der Waals surface area contributed by atoms with Crippen LogP contribution in [-0.2, 0) is 6.30 Å². The van der Waals surface area contributed by atoms with E-state index in [1.807, 2.05) is 0 Å². The van der Waals surface area contributed by atoms with E-state index in [9.17, 15) is 13.2 Å². The smallest absolute Gasteiger partial charge is 0.266 e. The van der Waals surface area contributed by atoms with E-state index >= 15 is 0 Å². The highest BCUT2D eigenvalue weighted by atomic mass is 19.4. The zero-order valence-electron chi connectivity index (χ0n) is 4.31. The van der Waals surface area contributed by atoms with E-state index in [-0.39, 0.29) is 4.57 Å². The van der Waals surface area contributed by atoms with Crippen molar-refractivity contribution in [1.82, 2.24) is 4.57 Å². The summed E-state index contributed by atoms with van der Waals surface area (Å²) in [4.78, 5) is 0. The average Bonchev–Trinajstić information content (AvgIpc) is 2.08. The van der Waals surface area contributed by atoms with Crippen molar-refractivity contribution >= 4 is 0 Å². The number of alkyl halides is 3. The van der Waals surface area contributed by atoms with Gasteiger partial charge in [0.2, 0.25) is 0 Å². The predicted octanol–water partition coefficient (Wildman–Crippen LogP) is 1.76. The van der Waals surface area contributed by atoms with Crippen LogP contribution in [0.5, 0.6) is 0 Å². The van der Waals surface area contributed by atoms with E-state index in [0.717, 1.165) is 12.4 Å². The molecule has 1 rings (SSSR count). The molecule has 0 aliphatic carbocycles. The summed E-state index contributed by atoms with van der Waals surface area (Å²) in [5.74, 6) is 0. The van der Waals surface area contributed by atoms with Crippen molar-refractivity contribution in [1.29, 1.82) is 0 Å². The summed E-state index contributed by atoms with van der Waals surface area (Å²) in [6.45, 7) is 0. The van der Waals surface area contributed by atoms with Gasteiger partial charge in [-0.15, -0.1) is 13.2 Å². The Morgan fingerprint density at radius 2 is 2.00 bits per heavy atom. The van der Waals surface area contributed by atoms with Gasteiger partial charge in [-0.25, -0.2) is 0 Å². The molecule has 1 heterocycles. The van der Waals surface area contributed by atoms with E-state index in [4.69, 9.17) is 0 Å². The molecule has 4 heteroatoms. The molecule has 0 atom stereocenters. The number of nitrogens with zero attached hydrogens (tertiary/aromatic N) is 1. The third kappa shape index (κ3) is 1.25. The van der Waals surface area contributed by atoms with Gasteiger partial charge in [0.1, 0.15) is 0 Å². The lowest BCUT2D eigenvalue weighted by atomic mass is 10.7. The van der Waals surface area contributed by atoms with Crippen molar-refractivity contribution in [3.63, 3.8) is 0 Å². The van der Waals surface area contributed by atoms with Crippen LogP contribution in [0.4, 0.5) is 13.2 Å². The zero-order valence-corrected chi connectivity index (χ0v) is 4.31. The first-order valence-corrected chi connectivity index (χ1v) is 2.22. The molecule has 0 N–H and O–H groups in total. The van der Waals surface area contributed by atoms with Gasteiger partial charge in [-0.2, -0.15) is 0 Å². The van der Waals surface area contributed by atoms with Gasteiger partial charge < -0.3 is 0 Å². The number of halogens is 3. The van der Waals surface area contributed by atoms with Crippen LogP contribution in [0.2, 0.25) is 0 Å². The first-order chi connectivity index (χ1) is 4.11. The lowest BCUT2D eigenvalue weighted by Gasteiger charge is -2.04. The van der Waals surface area contributed by atoms with Gasteiger partial charge in [0.25, 0.3) is 0 Å². The fraction of sp³-hybridized carbons (Fsp3) is 0.200. The normalized spacial score (nSPS) is 11.9. The highest BCUT2D eigenvalue weighted by molar-refractivity contribution is 4.88. The fourth-order valence-corrected chi connectivity index (χ4v) is 0.447. The topological polar surface area (TPSA) is 4.93 Å². The molecule has 0 fully saturated rings. The summed E-state index contributed by atoms with van der Waals surface area (Å²) in [5, 5.41) is 0. The van der Waals surface area contributed by atoms with Gasteiger partial charge in [0.15, 0.2) is 0 Å². The summed E-state index contributed by atoms with van der Waals surface area (Å²) >= 11 is 0. The van der Waals surface area contributed by atoms with Crippen LogP contribution in [0, 0.1) is 6.07 Å². The van der Waals surface area contributed by atoms with Gasteiger partial charge in [-0.05, 0) is 6.07 Å². The highest BCUT2D eigenvalue weighted by Gasteiger charge is 2.28. The average molecular weight is 134 g/mol. The molecule has 1 aromatic rings. The molecule has 0 aliphatic heterocycles. The van der Waals surface area contributed by atoms with Gasteiger partial charge >= 0.3 is 6.30 Å². The van der Waals surface area contributed by atoms with Crippen LogP contribution >= 0.6 is 0 Å². The Morgan fingerprint density at radius 3 is 2.22 bits per heavy atom. The molecule has 0 amide bonds. The third-order valence-corrected chi connectivity index (χ3v) is 0.838. The Morgan fingerprint density at radius 1 is 1.33 bits per heavy atom. The number of rotatable bonds is 0. The van der Waals surface area contributed by atoms with Crippen molar-refractivity contribution in [3.05, 3.63) is 24.5 Å². The second-order valence-corrected chi connectivity index (χ2v) is 1.49. The first-order valence-electron chi connectivity index (χ1n) is 2.22. The second-order valence-electron chi connectivity index (χ2n) is 1.49. The van der Waals surface area contributed by atoms with Crippen molar-refractivity contribution in [2.45, 2.75) is 6.30 Å². The quantitative estimate of drug-likeness (QED) is 0.509. The molecule has 0 unspecified atom stereocenters. The van der Waals surface area contributed by atoms with Gasteiger partial charge in [0.05, 0.1) is 0 Å². The van der Waals surface area contributed by atoms with Gasteiger partial charge in [-0.1, -0.05) is 0 Å². The van der Waals surface area contributed by atoms with Crippen LogP contribution in [0.25, 0.3) is 0 Å². The molecule has 0 saturated heterocycles. The molecule has 9 heavy (non-hydrogen) atoms. The van der Waals surface area contributed by atoms with Crippen LogP contribution in [0.3, 0.4) is 0 Å². The van der Waals surface area contributed by atoms with E-state index in [2.05, 4.69) is 6.07 Å². The lowest BCUT2D eigenvalue weighted by Crippen LogP contribution is -2.13. The van der Waals surface area contributed by atoms with E-state index in [1.54, 1.807) is 0 Å². The number of hydrogen-bond donors (Lipinski definition) is 0. The second kappa shape index (κ2) is 1.79. The standard InChI is InChI=1S/C5H3F3N/c6-5(7,8)9-3-1-2-4-9/h1,3-4H. The molecule has 0 saturated carbocycles. The SMILES string of the molecule is FC(F)(F)n1c[c]cc1. The molecule has 1 nitrogen and oxygen atoms in total. The Labute approximate surface area is 49.7 Å². The van der Waals surface area contributed by atoms with E-state index < -0.39 is 6.30 Å². The summed E-state index contributed by atoms with van der Waals surface area (Å²) in [6.07, 6.45) is -2.56.